The summed E-state index contributed by atoms with van der Waals surface area (Å²) in [4.78, 5) is 12.8. The van der Waals surface area contributed by atoms with Crippen molar-refractivity contribution in [1.82, 2.24) is 4.68 Å². The van der Waals surface area contributed by atoms with Crippen LogP contribution in [-0.2, 0) is 9.47 Å². The van der Waals surface area contributed by atoms with Gasteiger partial charge in [-0.2, -0.15) is 0 Å². The predicted molar refractivity (Wildman–Crippen MR) is 113 cm³/mol. The Morgan fingerprint density at radius 3 is 2.77 bits per heavy atom. The molecular formula is C22H25ClN2O5. The van der Waals surface area contributed by atoms with Gasteiger partial charge in [-0.05, 0) is 37.5 Å². The van der Waals surface area contributed by atoms with Gasteiger partial charge in [-0.1, -0.05) is 11.6 Å². The van der Waals surface area contributed by atoms with E-state index in [-0.39, 0.29) is 11.5 Å². The van der Waals surface area contributed by atoms with Crippen molar-refractivity contribution in [2.24, 2.45) is 0 Å². The smallest absolute Gasteiger partial charge is 0.188 e. The lowest BCUT2D eigenvalue weighted by molar-refractivity contribution is 0.156. The van der Waals surface area contributed by atoms with Crippen molar-refractivity contribution in [1.29, 1.82) is 0 Å². The molecule has 8 heteroatoms. The number of pyridine rings is 1. The molecule has 0 amide bonds. The van der Waals surface area contributed by atoms with Crippen molar-refractivity contribution >= 4 is 11.6 Å². The van der Waals surface area contributed by atoms with Gasteiger partial charge in [0.25, 0.3) is 0 Å². The second-order valence-corrected chi connectivity index (χ2v) is 8.56. The quantitative estimate of drug-likeness (QED) is 0.558. The first-order valence-electron chi connectivity index (χ1n) is 10.3. The molecule has 160 valence electrons. The van der Waals surface area contributed by atoms with Crippen LogP contribution in [-0.4, -0.2) is 42.4 Å². The molecule has 4 heterocycles. The van der Waals surface area contributed by atoms with E-state index in [1.807, 2.05) is 23.0 Å². The molecule has 1 N–H and O–H groups in total. The van der Waals surface area contributed by atoms with Crippen LogP contribution in [0.3, 0.4) is 0 Å². The summed E-state index contributed by atoms with van der Waals surface area (Å²) in [6.45, 7) is 3.35. The summed E-state index contributed by atoms with van der Waals surface area (Å²) in [5.74, 6) is 0.660. The van der Waals surface area contributed by atoms with Gasteiger partial charge in [-0.3, -0.25) is 9.47 Å². The summed E-state index contributed by atoms with van der Waals surface area (Å²) in [5.41, 5.74) is 3.21. The molecule has 0 bridgehead atoms. The van der Waals surface area contributed by atoms with Crippen LogP contribution < -0.4 is 15.2 Å². The number of aliphatic hydroxyl groups is 1. The number of hydrogen-bond acceptors (Lipinski definition) is 6. The molecule has 0 saturated carbocycles. The Morgan fingerprint density at radius 1 is 1.23 bits per heavy atom. The van der Waals surface area contributed by atoms with E-state index in [0.29, 0.717) is 35.6 Å². The molecule has 2 fully saturated rings. The summed E-state index contributed by atoms with van der Waals surface area (Å²) >= 11 is 6.55. The van der Waals surface area contributed by atoms with Gasteiger partial charge in [0.05, 0.1) is 28.9 Å². The van der Waals surface area contributed by atoms with Gasteiger partial charge < -0.3 is 24.3 Å². The first kappa shape index (κ1) is 19.9. The van der Waals surface area contributed by atoms with Crippen molar-refractivity contribution in [2.75, 3.05) is 25.3 Å². The van der Waals surface area contributed by atoms with E-state index in [9.17, 15) is 9.90 Å². The Kier molecular flexibility index (Phi) is 5.01. The lowest BCUT2D eigenvalue weighted by atomic mass is 9.93. The number of nitrogens with zero attached hydrogens (tertiary/aromatic N) is 2. The number of halogens is 1. The zero-order valence-corrected chi connectivity index (χ0v) is 17.8. The first-order valence-corrected chi connectivity index (χ1v) is 10.7. The topological polar surface area (TPSA) is 76.5 Å². The molecule has 1 aromatic carbocycles. The van der Waals surface area contributed by atoms with Gasteiger partial charge >= 0.3 is 0 Å². The Hall–Kier alpha value is -2.06. The summed E-state index contributed by atoms with van der Waals surface area (Å²) in [6.07, 6.45) is 3.21. The monoisotopic (exact) mass is 432 g/mol. The number of epoxide rings is 1. The van der Waals surface area contributed by atoms with E-state index in [0.717, 1.165) is 36.1 Å². The maximum atomic E-state index is 12.8. The number of methoxy groups -OCH3 is 1. The normalized spacial score (nSPS) is 26.2. The van der Waals surface area contributed by atoms with Crippen LogP contribution in [0.25, 0.3) is 11.3 Å². The number of rotatable bonds is 6. The molecule has 5 rings (SSSR count). The van der Waals surface area contributed by atoms with E-state index in [4.69, 9.17) is 25.8 Å². The van der Waals surface area contributed by atoms with Crippen molar-refractivity contribution < 1.29 is 19.3 Å². The number of aromatic nitrogens is 1. The highest BCUT2D eigenvalue weighted by atomic mass is 35.5. The fourth-order valence-electron chi connectivity index (χ4n) is 4.67. The summed E-state index contributed by atoms with van der Waals surface area (Å²) in [6, 6.07) is 6.02. The number of hydrogen-bond donors (Lipinski definition) is 1. The predicted octanol–water partition coefficient (Wildman–Crippen LogP) is 3.15. The van der Waals surface area contributed by atoms with Crippen LogP contribution in [0.4, 0.5) is 0 Å². The molecule has 2 aromatic rings. The van der Waals surface area contributed by atoms with Gasteiger partial charge in [0.15, 0.2) is 11.7 Å². The van der Waals surface area contributed by atoms with Gasteiger partial charge in [-0.25, -0.2) is 0 Å². The highest BCUT2D eigenvalue weighted by Crippen LogP contribution is 2.47. The minimum Gasteiger partial charge on any atom is -0.492 e. The third kappa shape index (κ3) is 3.21. The third-order valence-electron chi connectivity index (χ3n) is 6.20. The molecule has 7 nitrogen and oxygen atoms in total. The van der Waals surface area contributed by atoms with E-state index in [1.54, 1.807) is 13.2 Å². The fourth-order valence-corrected chi connectivity index (χ4v) is 4.89. The Balaban J connectivity index is 1.59. The van der Waals surface area contributed by atoms with Crippen molar-refractivity contribution in [3.63, 3.8) is 0 Å². The van der Waals surface area contributed by atoms with E-state index >= 15 is 0 Å². The zero-order valence-electron chi connectivity index (χ0n) is 17.0. The number of ether oxygens (including phenoxy) is 3. The number of aliphatic hydroxyl groups excluding tert-OH is 1. The average Bonchev–Trinajstić information content (AvgIpc) is 3.32. The van der Waals surface area contributed by atoms with Gasteiger partial charge in [-0.15, -0.1) is 0 Å². The van der Waals surface area contributed by atoms with Gasteiger partial charge in [0.1, 0.15) is 11.9 Å². The SMILES string of the molecule is COCCCOc1cc2c(cc1Cl)-c1cc(=O)c(C3OC3O)cn1N1[C@@H](C)CC[C@@H]21. The second kappa shape index (κ2) is 7.57. The largest absolute Gasteiger partial charge is 0.492 e. The Morgan fingerprint density at radius 2 is 2.03 bits per heavy atom. The lowest BCUT2D eigenvalue weighted by Crippen LogP contribution is -2.43. The highest BCUT2D eigenvalue weighted by Gasteiger charge is 2.43. The highest BCUT2D eigenvalue weighted by molar-refractivity contribution is 6.32. The molecule has 4 atom stereocenters. The van der Waals surface area contributed by atoms with Gasteiger partial charge in [0.2, 0.25) is 0 Å². The first-order chi connectivity index (χ1) is 14.5. The average molecular weight is 433 g/mol. The number of fused-ring (bicyclic) bond motifs is 6. The molecular weight excluding hydrogens is 408 g/mol. The zero-order chi connectivity index (χ0) is 21.0. The van der Waals surface area contributed by atoms with Crippen LogP contribution in [0.1, 0.15) is 49.5 Å². The van der Waals surface area contributed by atoms with Crippen molar-refractivity contribution in [2.45, 2.75) is 50.7 Å². The third-order valence-corrected chi connectivity index (χ3v) is 6.50. The van der Waals surface area contributed by atoms with E-state index in [2.05, 4.69) is 11.9 Å². The van der Waals surface area contributed by atoms with Crippen LogP contribution in [0.5, 0.6) is 5.75 Å². The maximum absolute atomic E-state index is 12.8. The van der Waals surface area contributed by atoms with Crippen LogP contribution >= 0.6 is 11.6 Å². The Labute approximate surface area is 179 Å². The van der Waals surface area contributed by atoms with Crippen LogP contribution in [0.2, 0.25) is 5.02 Å². The standard InChI is InChI=1S/C22H25ClN2O5/c1-12-4-5-17-14-9-20(29-7-3-6-28-2)16(23)8-13(14)18-10-19(26)15(21-22(27)30-21)11-24(18)25(12)17/h8-12,17,21-22,27H,3-7H2,1-2H3/t12-,17-,21?,22?/m0/s1. The molecule has 3 aliphatic heterocycles. The maximum Gasteiger partial charge on any atom is 0.188 e. The van der Waals surface area contributed by atoms with E-state index in [1.165, 1.54) is 0 Å². The minimum absolute atomic E-state index is 0.143. The molecule has 3 aliphatic rings. The molecule has 2 saturated heterocycles. The van der Waals surface area contributed by atoms with E-state index < -0.39 is 12.4 Å². The molecule has 1 aromatic heterocycles. The van der Waals surface area contributed by atoms with Crippen LogP contribution in [0.15, 0.2) is 29.2 Å². The lowest BCUT2D eigenvalue weighted by Gasteiger charge is -2.40. The second-order valence-electron chi connectivity index (χ2n) is 8.16. The summed E-state index contributed by atoms with van der Waals surface area (Å²) in [7, 11) is 1.67. The van der Waals surface area contributed by atoms with Crippen LogP contribution in [0, 0.1) is 0 Å². The minimum atomic E-state index is -0.897. The Bertz CT molecular complexity index is 1040. The molecule has 2 unspecified atom stereocenters. The van der Waals surface area contributed by atoms with Gasteiger partial charge in [0, 0.05) is 44.0 Å². The molecule has 0 aliphatic carbocycles. The molecule has 0 spiro atoms. The van der Waals surface area contributed by atoms with Crippen molar-refractivity contribution in [3.8, 4) is 17.0 Å². The number of benzene rings is 1. The summed E-state index contributed by atoms with van der Waals surface area (Å²) in [5, 5.41) is 12.5. The summed E-state index contributed by atoms with van der Waals surface area (Å²) < 4.78 is 18.2. The molecule has 30 heavy (non-hydrogen) atoms. The van der Waals surface area contributed by atoms with Crippen molar-refractivity contribution in [3.05, 3.63) is 50.8 Å². The molecule has 0 radical (unpaired) electrons. The fraction of sp³-hybridized carbons (Fsp3) is 0.500.